The maximum Gasteiger partial charge on any atom is 0.343 e. The number of carbonyl (C=O) groups excluding carboxylic acids is 2. The fraction of sp³-hybridized carbons (Fsp3) is 0.0667. The van der Waals surface area contributed by atoms with Gasteiger partial charge in [0.15, 0.2) is 0 Å². The smallest absolute Gasteiger partial charge is 0.343 e. The van der Waals surface area contributed by atoms with E-state index in [0.717, 1.165) is 6.08 Å². The van der Waals surface area contributed by atoms with Crippen LogP contribution in [0.1, 0.15) is 0 Å². The van der Waals surface area contributed by atoms with E-state index in [4.69, 9.17) is 5.73 Å². The van der Waals surface area contributed by atoms with E-state index >= 15 is 0 Å². The molecule has 0 bridgehead atoms. The summed E-state index contributed by atoms with van der Waals surface area (Å²) in [6, 6.07) is 9.73. The Labute approximate surface area is 131 Å². The Hall–Kier alpha value is -2.71. The van der Waals surface area contributed by atoms with Gasteiger partial charge in [-0.25, -0.2) is 22.7 Å². The average molecular weight is 332 g/mol. The second kappa shape index (κ2) is 5.49. The average Bonchev–Trinajstić information content (AvgIpc) is 2.83. The number of hydrogen-bond donors (Lipinski definition) is 2. The molecule has 0 unspecified atom stereocenters. The van der Waals surface area contributed by atoms with Crippen molar-refractivity contribution in [2.75, 3.05) is 12.3 Å². The molecule has 0 aliphatic carbocycles. The number of rotatable bonds is 4. The van der Waals surface area contributed by atoms with Crippen LogP contribution in [0.5, 0.6) is 0 Å². The van der Waals surface area contributed by atoms with Crippen molar-refractivity contribution in [1.82, 2.24) is 4.72 Å². The molecule has 1 heterocycles. The van der Waals surface area contributed by atoms with Gasteiger partial charge in [0.1, 0.15) is 0 Å². The third-order valence-electron chi connectivity index (χ3n) is 3.41. The molecule has 7 nitrogen and oxygen atoms in total. The number of esters is 2. The molecule has 3 rings (SSSR count). The maximum atomic E-state index is 12.5. The third kappa shape index (κ3) is 2.81. The van der Waals surface area contributed by atoms with Crippen LogP contribution in [-0.2, 0) is 24.3 Å². The molecule has 0 fully saturated rings. The van der Waals surface area contributed by atoms with Gasteiger partial charge in [-0.15, -0.1) is 0 Å². The van der Waals surface area contributed by atoms with Gasteiger partial charge in [-0.05, 0) is 12.1 Å². The van der Waals surface area contributed by atoms with Crippen LogP contribution in [-0.4, -0.2) is 26.9 Å². The Morgan fingerprint density at radius 2 is 1.74 bits per heavy atom. The molecule has 0 atom stereocenters. The normalized spacial score (nSPS) is 14.9. The van der Waals surface area contributed by atoms with Gasteiger partial charge in [-0.2, -0.15) is 0 Å². The predicted octanol–water partition coefficient (Wildman–Crippen LogP) is 0.710. The number of nitrogens with two attached hydrogens (primary N) is 1. The molecule has 0 radical (unpaired) electrons. The molecule has 0 saturated heterocycles. The summed E-state index contributed by atoms with van der Waals surface area (Å²) >= 11 is 0. The van der Waals surface area contributed by atoms with E-state index < -0.39 is 22.0 Å². The number of nitrogen functional groups attached to an aromatic ring is 1. The van der Waals surface area contributed by atoms with Crippen LogP contribution in [0, 0.1) is 0 Å². The molecule has 0 spiro atoms. The first-order valence-corrected chi connectivity index (χ1v) is 8.10. The van der Waals surface area contributed by atoms with Gasteiger partial charge >= 0.3 is 11.9 Å². The molecule has 2 aromatic carbocycles. The maximum absolute atomic E-state index is 12.5. The van der Waals surface area contributed by atoms with E-state index in [2.05, 4.69) is 9.46 Å². The summed E-state index contributed by atoms with van der Waals surface area (Å²) in [7, 11) is -3.90. The monoisotopic (exact) mass is 332 g/mol. The highest BCUT2D eigenvalue weighted by Gasteiger charge is 2.26. The van der Waals surface area contributed by atoms with Gasteiger partial charge in [0.05, 0.1) is 10.5 Å². The molecule has 0 aromatic heterocycles. The fourth-order valence-corrected chi connectivity index (χ4v) is 3.51. The fourth-order valence-electron chi connectivity index (χ4n) is 2.29. The Bertz CT molecular complexity index is 963. The largest absolute Gasteiger partial charge is 0.398 e. The summed E-state index contributed by atoms with van der Waals surface area (Å²) in [5, 5.41) is 1.09. The number of nitrogens with one attached hydrogen (secondary N) is 1. The minimum Gasteiger partial charge on any atom is -0.398 e. The number of carbonyl (C=O) groups is 2. The Morgan fingerprint density at radius 3 is 2.39 bits per heavy atom. The number of anilines is 1. The van der Waals surface area contributed by atoms with Crippen LogP contribution in [0.2, 0.25) is 0 Å². The molecule has 2 aromatic rings. The second-order valence-corrected chi connectivity index (χ2v) is 6.64. The topological polar surface area (TPSA) is 116 Å². The van der Waals surface area contributed by atoms with Crippen molar-refractivity contribution in [2.24, 2.45) is 0 Å². The zero-order valence-corrected chi connectivity index (χ0v) is 12.6. The van der Waals surface area contributed by atoms with Crippen molar-refractivity contribution in [1.29, 1.82) is 0 Å². The van der Waals surface area contributed by atoms with Crippen LogP contribution in [0.3, 0.4) is 0 Å². The molecular weight excluding hydrogens is 320 g/mol. The zero-order valence-electron chi connectivity index (χ0n) is 11.8. The number of fused-ring (bicyclic) bond motifs is 1. The van der Waals surface area contributed by atoms with Gasteiger partial charge in [-0.1, -0.05) is 24.3 Å². The van der Waals surface area contributed by atoms with Crippen LogP contribution < -0.4 is 10.5 Å². The van der Waals surface area contributed by atoms with Gasteiger partial charge < -0.3 is 10.5 Å². The summed E-state index contributed by atoms with van der Waals surface area (Å²) < 4.78 is 31.6. The van der Waals surface area contributed by atoms with E-state index in [1.54, 1.807) is 24.3 Å². The van der Waals surface area contributed by atoms with E-state index in [1.165, 1.54) is 12.1 Å². The molecule has 3 N–H and O–H groups in total. The molecule has 1 aliphatic rings. The predicted molar refractivity (Wildman–Crippen MR) is 82.7 cm³/mol. The lowest BCUT2D eigenvalue weighted by Gasteiger charge is -2.10. The number of sulfonamides is 1. The number of cyclic esters (lactones) is 2. The minimum absolute atomic E-state index is 0.0422. The molecule has 0 saturated carbocycles. The van der Waals surface area contributed by atoms with Crippen LogP contribution >= 0.6 is 0 Å². The lowest BCUT2D eigenvalue weighted by atomic mass is 10.1. The molecule has 118 valence electrons. The quantitative estimate of drug-likeness (QED) is 0.484. The van der Waals surface area contributed by atoms with Gasteiger partial charge in [0.2, 0.25) is 10.0 Å². The molecule has 1 aliphatic heterocycles. The zero-order chi connectivity index (χ0) is 16.6. The SMILES string of the molecule is Nc1ccc(S(=O)(=O)NCC2=CC(=O)OC2=O)c2ccccc12. The summed E-state index contributed by atoms with van der Waals surface area (Å²) in [5.74, 6) is -1.65. The Morgan fingerprint density at radius 1 is 1.04 bits per heavy atom. The number of benzene rings is 2. The van der Waals surface area contributed by atoms with Crippen molar-refractivity contribution >= 4 is 38.4 Å². The lowest BCUT2D eigenvalue weighted by Crippen LogP contribution is -2.27. The lowest BCUT2D eigenvalue weighted by molar-refractivity contribution is -0.150. The van der Waals surface area contributed by atoms with Crippen molar-refractivity contribution < 1.29 is 22.7 Å². The third-order valence-corrected chi connectivity index (χ3v) is 4.87. The van der Waals surface area contributed by atoms with E-state index in [1.807, 2.05) is 0 Å². The summed E-state index contributed by atoms with van der Waals surface area (Å²) in [6.07, 6.45) is 0.964. The minimum atomic E-state index is -3.90. The Kier molecular flexibility index (Phi) is 3.63. The van der Waals surface area contributed by atoms with Crippen LogP contribution in [0.25, 0.3) is 10.8 Å². The van der Waals surface area contributed by atoms with E-state index in [9.17, 15) is 18.0 Å². The first kappa shape index (κ1) is 15.2. The second-order valence-electron chi connectivity index (χ2n) is 4.90. The summed E-state index contributed by atoms with van der Waals surface area (Å²) in [6.45, 7) is -0.328. The highest BCUT2D eigenvalue weighted by atomic mass is 32.2. The van der Waals surface area contributed by atoms with Crippen molar-refractivity contribution in [2.45, 2.75) is 4.90 Å². The van der Waals surface area contributed by atoms with Crippen LogP contribution in [0.4, 0.5) is 5.69 Å². The van der Waals surface area contributed by atoms with Gasteiger partial charge in [0.25, 0.3) is 0 Å². The molecule has 8 heteroatoms. The number of ether oxygens (including phenoxy) is 1. The standard InChI is InChI=1S/C15H12N2O5S/c16-12-5-6-13(11-4-2-1-3-10(11)12)23(20,21)17-8-9-7-14(18)22-15(9)19/h1-7,17H,8,16H2. The molecule has 23 heavy (non-hydrogen) atoms. The Balaban J connectivity index is 1.95. The van der Waals surface area contributed by atoms with Crippen LogP contribution in [0.15, 0.2) is 52.9 Å². The van der Waals surface area contributed by atoms with Crippen molar-refractivity contribution in [3.8, 4) is 0 Å². The molecule has 0 amide bonds. The highest BCUT2D eigenvalue weighted by molar-refractivity contribution is 7.89. The first-order valence-electron chi connectivity index (χ1n) is 6.62. The van der Waals surface area contributed by atoms with Crippen molar-refractivity contribution in [3.05, 3.63) is 48.0 Å². The number of hydrogen-bond acceptors (Lipinski definition) is 6. The highest BCUT2D eigenvalue weighted by Crippen LogP contribution is 2.27. The van der Waals surface area contributed by atoms with Crippen molar-refractivity contribution in [3.63, 3.8) is 0 Å². The van der Waals surface area contributed by atoms with E-state index in [0.29, 0.717) is 16.5 Å². The van der Waals surface area contributed by atoms with E-state index in [-0.39, 0.29) is 17.0 Å². The molecular formula is C15H12N2O5S. The first-order chi connectivity index (χ1) is 10.9. The summed E-state index contributed by atoms with van der Waals surface area (Å²) in [4.78, 5) is 22.3. The van der Waals surface area contributed by atoms with Gasteiger partial charge in [-0.3, -0.25) is 0 Å². The van der Waals surface area contributed by atoms with Gasteiger partial charge in [0, 0.05) is 29.1 Å². The summed E-state index contributed by atoms with van der Waals surface area (Å²) in [5.41, 5.74) is 6.27.